The van der Waals surface area contributed by atoms with Crippen molar-refractivity contribution in [3.8, 4) is 0 Å². The Balaban J connectivity index is 1.61. The molecule has 2 aromatic rings. The summed E-state index contributed by atoms with van der Waals surface area (Å²) in [6.07, 6.45) is 2.96. The summed E-state index contributed by atoms with van der Waals surface area (Å²) in [6, 6.07) is 2.03. The zero-order valence-corrected chi connectivity index (χ0v) is 12.4. The van der Waals surface area contributed by atoms with Crippen LogP contribution in [0.2, 0.25) is 0 Å². The van der Waals surface area contributed by atoms with Crippen LogP contribution >= 0.6 is 0 Å². The molecule has 1 aliphatic heterocycles. The van der Waals surface area contributed by atoms with Crippen molar-refractivity contribution in [3.63, 3.8) is 0 Å². The number of hydrogen-bond acceptors (Lipinski definition) is 6. The number of nitrogens with zero attached hydrogens (tertiary/aromatic N) is 5. The third-order valence-corrected chi connectivity index (χ3v) is 3.51. The van der Waals surface area contributed by atoms with Gasteiger partial charge < -0.3 is 10.1 Å². The van der Waals surface area contributed by atoms with Crippen molar-refractivity contribution in [1.29, 1.82) is 0 Å². The number of ether oxygens (including phenoxy) is 1. The van der Waals surface area contributed by atoms with Crippen LogP contribution in [0.5, 0.6) is 0 Å². The van der Waals surface area contributed by atoms with Crippen molar-refractivity contribution in [1.82, 2.24) is 25.0 Å². The number of nitrogens with one attached hydrogen (secondary N) is 1. The van der Waals surface area contributed by atoms with Crippen LogP contribution < -0.4 is 5.32 Å². The quantitative estimate of drug-likeness (QED) is 0.893. The normalized spacial score (nSPS) is 18.1. The first kappa shape index (κ1) is 13.9. The number of rotatable bonds is 5. The molecule has 0 aliphatic carbocycles. The van der Waals surface area contributed by atoms with Gasteiger partial charge in [-0.3, -0.25) is 4.68 Å². The minimum absolute atomic E-state index is 0.394. The Morgan fingerprint density at radius 1 is 1.38 bits per heavy atom. The molecule has 0 amide bonds. The number of aromatic nitrogens is 5. The average molecular weight is 288 g/mol. The molecule has 1 atom stereocenters. The van der Waals surface area contributed by atoms with E-state index < -0.39 is 0 Å². The maximum Gasteiger partial charge on any atom is 0.129 e. The van der Waals surface area contributed by atoms with E-state index in [1.165, 1.54) is 0 Å². The van der Waals surface area contributed by atoms with Crippen LogP contribution in [0.3, 0.4) is 0 Å². The highest BCUT2D eigenvalue weighted by molar-refractivity contribution is 5.37. The van der Waals surface area contributed by atoms with E-state index in [9.17, 15) is 0 Å². The molecule has 1 aliphatic rings. The van der Waals surface area contributed by atoms with E-state index >= 15 is 0 Å². The molecule has 0 bridgehead atoms. The van der Waals surface area contributed by atoms with E-state index in [1.807, 2.05) is 30.8 Å². The van der Waals surface area contributed by atoms with E-state index in [0.717, 1.165) is 55.8 Å². The molecule has 7 nitrogen and oxygen atoms in total. The van der Waals surface area contributed by atoms with Gasteiger partial charge in [-0.2, -0.15) is 0 Å². The molecule has 112 valence electrons. The summed E-state index contributed by atoms with van der Waals surface area (Å²) in [5.41, 5.74) is 2.00. The van der Waals surface area contributed by atoms with Gasteiger partial charge in [0.15, 0.2) is 0 Å². The molecule has 1 unspecified atom stereocenters. The number of hydrogen-bond donors (Lipinski definition) is 1. The van der Waals surface area contributed by atoms with Crippen molar-refractivity contribution < 1.29 is 4.74 Å². The molecule has 3 rings (SSSR count). The monoisotopic (exact) mass is 288 g/mol. The van der Waals surface area contributed by atoms with Gasteiger partial charge in [0.1, 0.15) is 11.6 Å². The van der Waals surface area contributed by atoms with Gasteiger partial charge in [-0.1, -0.05) is 5.21 Å². The lowest BCUT2D eigenvalue weighted by Gasteiger charge is -2.11. The summed E-state index contributed by atoms with van der Waals surface area (Å²) in [4.78, 5) is 8.96. The third-order valence-electron chi connectivity index (χ3n) is 3.51. The van der Waals surface area contributed by atoms with Crippen LogP contribution in [0.1, 0.15) is 29.6 Å². The highest BCUT2D eigenvalue weighted by Gasteiger charge is 2.20. The topological polar surface area (TPSA) is 77.8 Å². The predicted molar refractivity (Wildman–Crippen MR) is 78.2 cm³/mol. The molecule has 7 heteroatoms. The van der Waals surface area contributed by atoms with Gasteiger partial charge >= 0.3 is 0 Å². The van der Waals surface area contributed by atoms with Crippen LogP contribution in [0.4, 0.5) is 5.82 Å². The van der Waals surface area contributed by atoms with E-state index in [1.54, 1.807) is 0 Å². The SMILES string of the molecule is Cc1cn(CCNc2cc(C3CCOC3)nc(C)n2)nn1. The van der Waals surface area contributed by atoms with Crippen molar-refractivity contribution in [2.45, 2.75) is 32.7 Å². The molecule has 3 heterocycles. The molecule has 1 fully saturated rings. The first-order valence-corrected chi connectivity index (χ1v) is 7.24. The maximum atomic E-state index is 5.43. The van der Waals surface area contributed by atoms with Crippen LogP contribution in [0.15, 0.2) is 12.3 Å². The maximum absolute atomic E-state index is 5.43. The fraction of sp³-hybridized carbons (Fsp3) is 0.571. The van der Waals surface area contributed by atoms with Crippen molar-refractivity contribution >= 4 is 5.82 Å². The molecule has 0 aromatic carbocycles. The molecular weight excluding hydrogens is 268 g/mol. The molecule has 1 N–H and O–H groups in total. The Morgan fingerprint density at radius 3 is 3.00 bits per heavy atom. The molecule has 1 saturated heterocycles. The van der Waals surface area contributed by atoms with Gasteiger partial charge in [0, 0.05) is 31.3 Å². The number of aryl methyl sites for hydroxylation is 2. The Bertz CT molecular complexity index is 605. The first-order chi connectivity index (χ1) is 10.2. The Kier molecular flexibility index (Phi) is 4.10. The average Bonchev–Trinajstić information content (AvgIpc) is 3.10. The minimum Gasteiger partial charge on any atom is -0.381 e. The van der Waals surface area contributed by atoms with Gasteiger partial charge in [0.25, 0.3) is 0 Å². The largest absolute Gasteiger partial charge is 0.381 e. The lowest BCUT2D eigenvalue weighted by molar-refractivity contribution is 0.193. The second-order valence-electron chi connectivity index (χ2n) is 5.34. The molecular formula is C14H20N6O. The summed E-state index contributed by atoms with van der Waals surface area (Å²) in [5, 5.41) is 11.3. The van der Waals surface area contributed by atoms with E-state index in [4.69, 9.17) is 4.74 Å². The van der Waals surface area contributed by atoms with E-state index in [2.05, 4.69) is 25.6 Å². The van der Waals surface area contributed by atoms with Crippen LogP contribution in [-0.2, 0) is 11.3 Å². The predicted octanol–water partition coefficient (Wildman–Crippen LogP) is 1.30. The summed E-state index contributed by atoms with van der Waals surface area (Å²) in [6.45, 7) is 6.94. The van der Waals surface area contributed by atoms with Crippen molar-refractivity contribution in [2.75, 3.05) is 25.1 Å². The fourth-order valence-electron chi connectivity index (χ4n) is 2.46. The van der Waals surface area contributed by atoms with Crippen molar-refractivity contribution in [2.24, 2.45) is 0 Å². The second-order valence-corrected chi connectivity index (χ2v) is 5.34. The molecule has 0 radical (unpaired) electrons. The van der Waals surface area contributed by atoms with Gasteiger partial charge in [-0.15, -0.1) is 5.10 Å². The van der Waals surface area contributed by atoms with Gasteiger partial charge in [0.2, 0.25) is 0 Å². The van der Waals surface area contributed by atoms with E-state index in [0.29, 0.717) is 5.92 Å². The van der Waals surface area contributed by atoms with Crippen LogP contribution in [0.25, 0.3) is 0 Å². The smallest absolute Gasteiger partial charge is 0.129 e. The Morgan fingerprint density at radius 2 is 2.29 bits per heavy atom. The molecule has 21 heavy (non-hydrogen) atoms. The molecule has 0 spiro atoms. The fourth-order valence-corrected chi connectivity index (χ4v) is 2.46. The highest BCUT2D eigenvalue weighted by atomic mass is 16.5. The number of anilines is 1. The lowest BCUT2D eigenvalue weighted by atomic mass is 10.0. The zero-order valence-electron chi connectivity index (χ0n) is 12.4. The van der Waals surface area contributed by atoms with Gasteiger partial charge in [0.05, 0.1) is 24.5 Å². The van der Waals surface area contributed by atoms with Crippen LogP contribution in [0, 0.1) is 13.8 Å². The van der Waals surface area contributed by atoms with E-state index in [-0.39, 0.29) is 0 Å². The van der Waals surface area contributed by atoms with Crippen LogP contribution in [-0.4, -0.2) is 44.7 Å². The Labute approximate surface area is 123 Å². The Hall–Kier alpha value is -2.02. The molecule has 0 saturated carbocycles. The first-order valence-electron chi connectivity index (χ1n) is 7.24. The zero-order chi connectivity index (χ0) is 14.7. The summed E-state index contributed by atoms with van der Waals surface area (Å²) >= 11 is 0. The second kappa shape index (κ2) is 6.17. The van der Waals surface area contributed by atoms with Gasteiger partial charge in [-0.25, -0.2) is 9.97 Å². The summed E-state index contributed by atoms with van der Waals surface area (Å²) in [7, 11) is 0. The minimum atomic E-state index is 0.394. The van der Waals surface area contributed by atoms with Gasteiger partial charge in [-0.05, 0) is 20.3 Å². The highest BCUT2D eigenvalue weighted by Crippen LogP contribution is 2.24. The summed E-state index contributed by atoms with van der Waals surface area (Å²) in [5.74, 6) is 2.05. The third kappa shape index (κ3) is 3.55. The lowest BCUT2D eigenvalue weighted by Crippen LogP contribution is -2.13. The standard InChI is InChI=1S/C14H20N6O/c1-10-8-20(19-18-10)5-4-15-14-7-13(16-11(2)17-14)12-3-6-21-9-12/h7-8,12H,3-6,9H2,1-2H3,(H,15,16,17). The molecule has 2 aromatic heterocycles. The van der Waals surface area contributed by atoms with Crippen molar-refractivity contribution in [3.05, 3.63) is 29.5 Å². The summed E-state index contributed by atoms with van der Waals surface area (Å²) < 4.78 is 7.25.